The number of aliphatic imine (C=N–C) groups is 1. The van der Waals surface area contributed by atoms with Crippen LogP contribution in [0.3, 0.4) is 0 Å². The molecule has 2 N–H and O–H groups in total. The van der Waals surface area contributed by atoms with Gasteiger partial charge >= 0.3 is 0 Å². The molecule has 2 aromatic carbocycles. The molecule has 0 amide bonds. The molecule has 0 aliphatic rings. The highest BCUT2D eigenvalue weighted by Gasteiger charge is 2.13. The molecule has 2 rings (SSSR count). The van der Waals surface area contributed by atoms with Crippen LogP contribution in [-0.2, 0) is 6.54 Å². The van der Waals surface area contributed by atoms with Gasteiger partial charge in [-0.05, 0) is 37.6 Å². The first-order chi connectivity index (χ1) is 13.0. The maximum absolute atomic E-state index is 13.8. The zero-order chi connectivity index (χ0) is 19.6. The molecule has 0 saturated carbocycles. The van der Waals surface area contributed by atoms with E-state index in [1.54, 1.807) is 18.2 Å². The maximum Gasteiger partial charge on any atom is 0.194 e. The highest BCUT2D eigenvalue weighted by Crippen LogP contribution is 2.17. The molecule has 0 bridgehead atoms. The molecule has 146 valence electrons. The number of halogens is 1. The van der Waals surface area contributed by atoms with Crippen LogP contribution in [0.5, 0.6) is 5.75 Å². The first kappa shape index (κ1) is 20.7. The number of benzene rings is 2. The van der Waals surface area contributed by atoms with Gasteiger partial charge in [0.1, 0.15) is 17.7 Å². The molecule has 0 heterocycles. The van der Waals surface area contributed by atoms with E-state index in [1.165, 1.54) is 6.07 Å². The van der Waals surface area contributed by atoms with Crippen LogP contribution >= 0.6 is 0 Å². The van der Waals surface area contributed by atoms with Crippen molar-refractivity contribution in [2.75, 3.05) is 26.7 Å². The summed E-state index contributed by atoms with van der Waals surface area (Å²) in [6.45, 7) is 6.00. The Balaban J connectivity index is 2.03. The Labute approximate surface area is 160 Å². The number of aliphatic hydroxyl groups excluding tert-OH is 1. The standard InChI is InChI=1S/C21H28FN3O2/c1-4-23-21(24-14-20(26)18-8-6-7-9-19(18)22)25(3)15-16-10-12-17(13-11-16)27-5-2/h6-13,20,26H,4-5,14-15H2,1-3H3,(H,23,24). The first-order valence-corrected chi connectivity index (χ1v) is 9.18. The minimum Gasteiger partial charge on any atom is -0.494 e. The van der Waals surface area contributed by atoms with Gasteiger partial charge in [-0.1, -0.05) is 30.3 Å². The highest BCUT2D eigenvalue weighted by molar-refractivity contribution is 5.79. The van der Waals surface area contributed by atoms with Crippen molar-refractivity contribution >= 4 is 5.96 Å². The van der Waals surface area contributed by atoms with Gasteiger partial charge in [0.25, 0.3) is 0 Å². The monoisotopic (exact) mass is 373 g/mol. The van der Waals surface area contributed by atoms with Crippen molar-refractivity contribution in [1.29, 1.82) is 0 Å². The second-order valence-electron chi connectivity index (χ2n) is 6.16. The zero-order valence-corrected chi connectivity index (χ0v) is 16.2. The van der Waals surface area contributed by atoms with Crippen molar-refractivity contribution < 1.29 is 14.2 Å². The molecular formula is C21H28FN3O2. The number of nitrogens with zero attached hydrogens (tertiary/aromatic N) is 2. The fourth-order valence-electron chi connectivity index (χ4n) is 2.69. The molecule has 0 fully saturated rings. The van der Waals surface area contributed by atoms with Crippen LogP contribution in [0.2, 0.25) is 0 Å². The molecule has 0 aliphatic carbocycles. The van der Waals surface area contributed by atoms with Crippen molar-refractivity contribution in [2.24, 2.45) is 4.99 Å². The topological polar surface area (TPSA) is 57.1 Å². The number of hydrogen-bond acceptors (Lipinski definition) is 3. The second-order valence-corrected chi connectivity index (χ2v) is 6.16. The molecule has 2 aromatic rings. The quantitative estimate of drug-likeness (QED) is 0.550. The lowest BCUT2D eigenvalue weighted by Gasteiger charge is -2.23. The van der Waals surface area contributed by atoms with Crippen molar-refractivity contribution in [3.63, 3.8) is 0 Å². The molecule has 0 radical (unpaired) electrons. The number of hydrogen-bond donors (Lipinski definition) is 2. The number of rotatable bonds is 8. The van der Waals surface area contributed by atoms with Gasteiger partial charge in [-0.2, -0.15) is 0 Å². The smallest absolute Gasteiger partial charge is 0.194 e. The van der Waals surface area contributed by atoms with Gasteiger partial charge < -0.3 is 20.1 Å². The van der Waals surface area contributed by atoms with Crippen molar-refractivity contribution in [3.05, 3.63) is 65.5 Å². The minimum atomic E-state index is -0.987. The fourth-order valence-corrected chi connectivity index (χ4v) is 2.69. The van der Waals surface area contributed by atoms with Crippen LogP contribution in [0.4, 0.5) is 4.39 Å². The zero-order valence-electron chi connectivity index (χ0n) is 16.2. The molecular weight excluding hydrogens is 345 g/mol. The van der Waals surface area contributed by atoms with Crippen LogP contribution in [0.25, 0.3) is 0 Å². The van der Waals surface area contributed by atoms with Crippen molar-refractivity contribution in [1.82, 2.24) is 10.2 Å². The molecule has 27 heavy (non-hydrogen) atoms. The largest absolute Gasteiger partial charge is 0.494 e. The summed E-state index contributed by atoms with van der Waals surface area (Å²) in [6.07, 6.45) is -0.987. The van der Waals surface area contributed by atoms with Gasteiger partial charge in [-0.3, -0.25) is 4.99 Å². The Morgan fingerprint density at radius 2 is 1.89 bits per heavy atom. The Morgan fingerprint density at radius 1 is 1.19 bits per heavy atom. The van der Waals surface area contributed by atoms with E-state index in [1.807, 2.05) is 50.1 Å². The number of nitrogens with one attached hydrogen (secondary N) is 1. The lowest BCUT2D eigenvalue weighted by molar-refractivity contribution is 0.181. The summed E-state index contributed by atoms with van der Waals surface area (Å²) in [6, 6.07) is 14.1. The summed E-state index contributed by atoms with van der Waals surface area (Å²) < 4.78 is 19.3. The van der Waals surface area contributed by atoms with E-state index in [4.69, 9.17) is 4.74 Å². The maximum atomic E-state index is 13.8. The highest BCUT2D eigenvalue weighted by atomic mass is 19.1. The third kappa shape index (κ3) is 6.25. The third-order valence-corrected chi connectivity index (χ3v) is 4.03. The lowest BCUT2D eigenvalue weighted by atomic mass is 10.1. The average molecular weight is 373 g/mol. The van der Waals surface area contributed by atoms with Gasteiger partial charge in [0.15, 0.2) is 5.96 Å². The predicted molar refractivity (Wildman–Crippen MR) is 106 cm³/mol. The van der Waals surface area contributed by atoms with E-state index in [0.717, 1.165) is 11.3 Å². The number of ether oxygens (including phenoxy) is 1. The van der Waals surface area contributed by atoms with E-state index >= 15 is 0 Å². The predicted octanol–water partition coefficient (Wildman–Crippen LogP) is 3.36. The summed E-state index contributed by atoms with van der Waals surface area (Å²) in [5.74, 6) is 1.08. The first-order valence-electron chi connectivity index (χ1n) is 9.18. The SMILES string of the molecule is CCNC(=NCC(O)c1ccccc1F)N(C)Cc1ccc(OCC)cc1. The van der Waals surface area contributed by atoms with Gasteiger partial charge in [0.05, 0.1) is 13.2 Å². The van der Waals surface area contributed by atoms with E-state index < -0.39 is 11.9 Å². The van der Waals surface area contributed by atoms with Crippen LogP contribution in [0, 0.1) is 5.82 Å². The van der Waals surface area contributed by atoms with Crippen LogP contribution in [0.1, 0.15) is 31.1 Å². The van der Waals surface area contributed by atoms with Crippen molar-refractivity contribution in [2.45, 2.75) is 26.5 Å². The van der Waals surface area contributed by atoms with E-state index in [9.17, 15) is 9.50 Å². The van der Waals surface area contributed by atoms with Gasteiger partial charge in [-0.25, -0.2) is 4.39 Å². The molecule has 6 heteroatoms. The van der Waals surface area contributed by atoms with E-state index in [2.05, 4.69) is 10.3 Å². The second kappa shape index (κ2) is 10.5. The Hall–Kier alpha value is -2.60. The Bertz CT molecular complexity index is 734. The minimum absolute atomic E-state index is 0.0802. The third-order valence-electron chi connectivity index (χ3n) is 4.03. The number of guanidine groups is 1. The summed E-state index contributed by atoms with van der Waals surface area (Å²) in [4.78, 5) is 6.43. The van der Waals surface area contributed by atoms with Gasteiger partial charge in [-0.15, -0.1) is 0 Å². The number of aliphatic hydroxyl groups is 1. The Kier molecular flexibility index (Phi) is 8.07. The molecule has 5 nitrogen and oxygen atoms in total. The molecule has 0 aliphatic heterocycles. The van der Waals surface area contributed by atoms with Crippen LogP contribution in [-0.4, -0.2) is 42.7 Å². The lowest BCUT2D eigenvalue weighted by Crippen LogP contribution is -2.38. The summed E-state index contributed by atoms with van der Waals surface area (Å²) in [5, 5.41) is 13.5. The summed E-state index contributed by atoms with van der Waals surface area (Å²) >= 11 is 0. The average Bonchev–Trinajstić information content (AvgIpc) is 2.67. The Morgan fingerprint density at radius 3 is 2.52 bits per heavy atom. The van der Waals surface area contributed by atoms with E-state index in [-0.39, 0.29) is 12.1 Å². The molecule has 0 saturated heterocycles. The van der Waals surface area contributed by atoms with Gasteiger partial charge in [0, 0.05) is 25.7 Å². The molecule has 0 spiro atoms. The normalized spacial score (nSPS) is 12.6. The van der Waals surface area contributed by atoms with Gasteiger partial charge in [0.2, 0.25) is 0 Å². The summed E-state index contributed by atoms with van der Waals surface area (Å²) in [7, 11) is 1.92. The van der Waals surface area contributed by atoms with E-state index in [0.29, 0.717) is 25.7 Å². The summed E-state index contributed by atoms with van der Waals surface area (Å²) in [5.41, 5.74) is 1.37. The molecule has 0 aromatic heterocycles. The fraction of sp³-hybridized carbons (Fsp3) is 0.381. The molecule has 1 atom stereocenters. The van der Waals surface area contributed by atoms with Crippen LogP contribution < -0.4 is 10.1 Å². The van der Waals surface area contributed by atoms with Crippen molar-refractivity contribution in [3.8, 4) is 5.75 Å². The van der Waals surface area contributed by atoms with Crippen LogP contribution in [0.15, 0.2) is 53.5 Å². The molecule has 1 unspecified atom stereocenters.